The Morgan fingerprint density at radius 3 is 2.89 bits per heavy atom. The van der Waals surface area contributed by atoms with E-state index in [0.29, 0.717) is 18.5 Å². The van der Waals surface area contributed by atoms with Crippen molar-refractivity contribution in [2.75, 3.05) is 13.2 Å². The molecule has 1 fully saturated rings. The van der Waals surface area contributed by atoms with Crippen molar-refractivity contribution in [3.8, 4) is 0 Å². The molecule has 6 heteroatoms. The standard InChI is InChI=1S/C22H29N3O3/c1-3-18-15(13-17(24-27)22(26)28-4-2)20-14-9-5-6-10-16(14)23-21(20)19-11-7-8-12-25(18)19/h5-6,9-10,15,17-19,23H,3-4,7-8,11-13H2,1-2H3. The molecule has 150 valence electrons. The molecule has 3 heterocycles. The summed E-state index contributed by atoms with van der Waals surface area (Å²) in [5.41, 5.74) is 3.68. The maximum Gasteiger partial charge on any atom is 0.334 e. The molecule has 2 aromatic rings. The highest BCUT2D eigenvalue weighted by Gasteiger charge is 2.44. The summed E-state index contributed by atoms with van der Waals surface area (Å²) in [4.78, 5) is 30.1. The van der Waals surface area contributed by atoms with Crippen LogP contribution in [0.1, 0.15) is 69.2 Å². The van der Waals surface area contributed by atoms with E-state index in [1.165, 1.54) is 29.5 Å². The second-order valence-corrected chi connectivity index (χ2v) is 7.94. The molecule has 6 nitrogen and oxygen atoms in total. The van der Waals surface area contributed by atoms with Crippen LogP contribution < -0.4 is 0 Å². The van der Waals surface area contributed by atoms with Gasteiger partial charge in [-0.25, -0.2) is 4.79 Å². The monoisotopic (exact) mass is 383 g/mol. The summed E-state index contributed by atoms with van der Waals surface area (Å²) >= 11 is 0. The number of carbonyl (C=O) groups is 1. The molecule has 1 aromatic carbocycles. The van der Waals surface area contributed by atoms with Gasteiger partial charge in [0.25, 0.3) is 0 Å². The lowest BCUT2D eigenvalue weighted by atomic mass is 9.75. The number of nitrogens with zero attached hydrogens (tertiary/aromatic N) is 2. The highest BCUT2D eigenvalue weighted by Crippen LogP contribution is 2.49. The molecule has 1 N–H and O–H groups in total. The van der Waals surface area contributed by atoms with Crippen molar-refractivity contribution in [2.24, 2.45) is 5.18 Å². The molecule has 4 unspecified atom stereocenters. The Kier molecular flexibility index (Phi) is 5.49. The summed E-state index contributed by atoms with van der Waals surface area (Å²) in [6.07, 6.45) is 4.96. The Labute approximate surface area is 165 Å². The number of ether oxygens (including phenoxy) is 1. The van der Waals surface area contributed by atoms with Gasteiger partial charge in [-0.2, -0.15) is 0 Å². The summed E-state index contributed by atoms with van der Waals surface area (Å²) in [5.74, 6) is -0.424. The molecule has 0 spiro atoms. The van der Waals surface area contributed by atoms with E-state index in [4.69, 9.17) is 4.74 Å². The van der Waals surface area contributed by atoms with E-state index < -0.39 is 12.0 Å². The van der Waals surface area contributed by atoms with Gasteiger partial charge >= 0.3 is 5.97 Å². The van der Waals surface area contributed by atoms with Crippen LogP contribution in [0.5, 0.6) is 0 Å². The molecule has 0 amide bonds. The lowest BCUT2D eigenvalue weighted by molar-refractivity contribution is -0.145. The van der Waals surface area contributed by atoms with E-state index >= 15 is 0 Å². The van der Waals surface area contributed by atoms with Gasteiger partial charge in [0.2, 0.25) is 0 Å². The van der Waals surface area contributed by atoms with Gasteiger partial charge in [0, 0.05) is 28.6 Å². The molecule has 28 heavy (non-hydrogen) atoms. The second kappa shape index (κ2) is 8.03. The van der Waals surface area contributed by atoms with Crippen LogP contribution in [0.2, 0.25) is 0 Å². The number of nitroso groups, excluding NO2 is 1. The Bertz CT molecular complexity index is 862. The summed E-state index contributed by atoms with van der Waals surface area (Å²) in [7, 11) is 0. The number of aromatic nitrogens is 1. The van der Waals surface area contributed by atoms with Crippen LogP contribution in [0.25, 0.3) is 10.9 Å². The average Bonchev–Trinajstić information content (AvgIpc) is 3.11. The van der Waals surface area contributed by atoms with Crippen molar-refractivity contribution in [1.29, 1.82) is 0 Å². The Morgan fingerprint density at radius 2 is 2.14 bits per heavy atom. The van der Waals surface area contributed by atoms with Crippen LogP contribution >= 0.6 is 0 Å². The molecule has 4 atom stereocenters. The van der Waals surface area contributed by atoms with E-state index in [0.717, 1.165) is 24.9 Å². The van der Waals surface area contributed by atoms with E-state index in [-0.39, 0.29) is 12.5 Å². The number of esters is 1. The number of aromatic amines is 1. The molecular weight excluding hydrogens is 354 g/mol. The molecule has 2 aliphatic heterocycles. The number of rotatable bonds is 6. The maximum atomic E-state index is 12.3. The minimum absolute atomic E-state index is 0.0811. The molecule has 0 bridgehead atoms. The van der Waals surface area contributed by atoms with Gasteiger partial charge in [-0.1, -0.05) is 36.7 Å². The average molecular weight is 383 g/mol. The van der Waals surface area contributed by atoms with Gasteiger partial charge < -0.3 is 9.72 Å². The van der Waals surface area contributed by atoms with Gasteiger partial charge in [-0.15, -0.1) is 4.91 Å². The highest BCUT2D eigenvalue weighted by molar-refractivity contribution is 5.86. The van der Waals surface area contributed by atoms with Crippen molar-refractivity contribution in [3.63, 3.8) is 0 Å². The van der Waals surface area contributed by atoms with Gasteiger partial charge in [-0.05, 0) is 50.8 Å². The van der Waals surface area contributed by atoms with Gasteiger partial charge in [0.1, 0.15) is 0 Å². The third kappa shape index (κ3) is 3.13. The van der Waals surface area contributed by atoms with E-state index in [1.54, 1.807) is 6.92 Å². The molecular formula is C22H29N3O3. The van der Waals surface area contributed by atoms with Crippen LogP contribution in [-0.4, -0.2) is 41.1 Å². The molecule has 0 aliphatic carbocycles. The van der Waals surface area contributed by atoms with Crippen molar-refractivity contribution >= 4 is 16.9 Å². The third-order valence-corrected chi connectivity index (χ3v) is 6.50. The Morgan fingerprint density at radius 1 is 1.32 bits per heavy atom. The highest BCUT2D eigenvalue weighted by atomic mass is 16.5. The number of nitrogens with one attached hydrogen (secondary N) is 1. The lowest BCUT2D eigenvalue weighted by Crippen LogP contribution is -2.49. The van der Waals surface area contributed by atoms with Crippen molar-refractivity contribution in [2.45, 2.75) is 70.0 Å². The first-order chi connectivity index (χ1) is 13.7. The zero-order valence-corrected chi connectivity index (χ0v) is 16.7. The Hall–Kier alpha value is -2.21. The van der Waals surface area contributed by atoms with Crippen molar-refractivity contribution < 1.29 is 9.53 Å². The summed E-state index contributed by atoms with van der Waals surface area (Å²) in [6, 6.07) is 8.10. The fraction of sp³-hybridized carbons (Fsp3) is 0.591. The minimum atomic E-state index is -0.957. The van der Waals surface area contributed by atoms with E-state index in [1.807, 2.05) is 6.07 Å². The summed E-state index contributed by atoms with van der Waals surface area (Å²) in [6.45, 7) is 5.29. The normalized spacial score (nSPS) is 25.7. The fourth-order valence-electron chi connectivity index (χ4n) is 5.39. The van der Waals surface area contributed by atoms with Gasteiger partial charge in [0.05, 0.1) is 12.6 Å². The van der Waals surface area contributed by atoms with Crippen molar-refractivity contribution in [1.82, 2.24) is 9.88 Å². The third-order valence-electron chi connectivity index (χ3n) is 6.50. The second-order valence-electron chi connectivity index (χ2n) is 7.94. The van der Waals surface area contributed by atoms with Crippen molar-refractivity contribution in [3.05, 3.63) is 40.4 Å². The van der Waals surface area contributed by atoms with Crippen LogP contribution in [0.4, 0.5) is 0 Å². The first kappa shape index (κ1) is 19.1. The van der Waals surface area contributed by atoms with Gasteiger partial charge in [0.15, 0.2) is 6.04 Å². The smallest absolute Gasteiger partial charge is 0.334 e. The van der Waals surface area contributed by atoms with Crippen LogP contribution in [0.15, 0.2) is 29.4 Å². The number of H-pyrrole nitrogens is 1. The minimum Gasteiger partial charge on any atom is -0.464 e. The molecule has 2 aliphatic rings. The van der Waals surface area contributed by atoms with E-state index in [2.05, 4.69) is 40.2 Å². The number of piperidine rings is 1. The predicted molar refractivity (Wildman–Crippen MR) is 109 cm³/mol. The lowest BCUT2D eigenvalue weighted by Gasteiger charge is -2.48. The Balaban J connectivity index is 1.81. The molecule has 0 saturated carbocycles. The van der Waals surface area contributed by atoms with Gasteiger partial charge in [-0.3, -0.25) is 4.90 Å². The summed E-state index contributed by atoms with van der Waals surface area (Å²) in [5, 5.41) is 4.37. The number of fused-ring (bicyclic) bond motifs is 5. The van der Waals surface area contributed by atoms with Crippen LogP contribution in [0, 0.1) is 4.91 Å². The quantitative estimate of drug-likeness (QED) is 0.581. The zero-order chi connectivity index (χ0) is 19.7. The molecule has 4 rings (SSSR count). The molecule has 1 aromatic heterocycles. The number of hydrogen-bond acceptors (Lipinski definition) is 5. The maximum absolute atomic E-state index is 12.3. The SMILES string of the molecule is CCOC(=O)C(CC1c2c([nH]c3ccccc23)C2CCCCN2C1CC)N=O. The number of para-hydroxylation sites is 1. The zero-order valence-electron chi connectivity index (χ0n) is 16.7. The number of benzene rings is 1. The number of carbonyl (C=O) groups excluding carboxylic acids is 1. The topological polar surface area (TPSA) is 74.8 Å². The van der Waals surface area contributed by atoms with E-state index in [9.17, 15) is 9.70 Å². The first-order valence-electron chi connectivity index (χ1n) is 10.5. The van der Waals surface area contributed by atoms with Crippen LogP contribution in [0.3, 0.4) is 0 Å². The fourth-order valence-corrected chi connectivity index (χ4v) is 5.39. The molecule has 1 saturated heterocycles. The van der Waals surface area contributed by atoms with Crippen LogP contribution in [-0.2, 0) is 9.53 Å². The number of hydrogen-bond donors (Lipinski definition) is 1. The molecule has 0 radical (unpaired) electrons. The summed E-state index contributed by atoms with van der Waals surface area (Å²) < 4.78 is 5.11. The first-order valence-corrected chi connectivity index (χ1v) is 10.5. The predicted octanol–water partition coefficient (Wildman–Crippen LogP) is 4.66. The largest absolute Gasteiger partial charge is 0.464 e.